The summed E-state index contributed by atoms with van der Waals surface area (Å²) in [5.74, 6) is -1.02. The number of benzene rings is 2. The third-order valence-electron chi connectivity index (χ3n) is 4.21. The lowest BCUT2D eigenvalue weighted by molar-refractivity contribution is -0.120. The van der Waals surface area contributed by atoms with Crippen LogP contribution in [0.3, 0.4) is 0 Å². The molecule has 0 bridgehead atoms. The summed E-state index contributed by atoms with van der Waals surface area (Å²) in [5.41, 5.74) is 3.10. The summed E-state index contributed by atoms with van der Waals surface area (Å²) in [7, 11) is 0. The second kappa shape index (κ2) is 8.83. The minimum atomic E-state index is -0.688. The van der Waals surface area contributed by atoms with Gasteiger partial charge in [0.1, 0.15) is 5.01 Å². The fraction of sp³-hybridized carbons (Fsp3) is 0.190. The molecule has 0 spiro atoms. The lowest BCUT2D eigenvalue weighted by atomic mass is 10.1. The van der Waals surface area contributed by atoms with Gasteiger partial charge in [0.2, 0.25) is 11.8 Å². The fourth-order valence-corrected chi connectivity index (χ4v) is 3.84. The van der Waals surface area contributed by atoms with Crippen molar-refractivity contribution in [2.75, 3.05) is 6.61 Å². The zero-order valence-corrected chi connectivity index (χ0v) is 16.9. The van der Waals surface area contributed by atoms with Crippen LogP contribution in [0.2, 0.25) is 0 Å². The average Bonchev–Trinajstić information content (AvgIpc) is 3.39. The van der Waals surface area contributed by atoms with E-state index >= 15 is 0 Å². The Morgan fingerprint density at radius 3 is 2.73 bits per heavy atom. The summed E-state index contributed by atoms with van der Waals surface area (Å²) in [4.78, 5) is 28.3. The first-order valence-electron chi connectivity index (χ1n) is 9.33. The number of thiazole rings is 1. The van der Waals surface area contributed by atoms with Gasteiger partial charge in [0.05, 0.1) is 29.8 Å². The van der Waals surface area contributed by atoms with Gasteiger partial charge in [0, 0.05) is 0 Å². The highest BCUT2D eigenvalue weighted by molar-refractivity contribution is 7.18. The van der Waals surface area contributed by atoms with Crippen molar-refractivity contribution in [3.05, 3.63) is 65.3 Å². The van der Waals surface area contributed by atoms with E-state index in [2.05, 4.69) is 38.7 Å². The molecule has 4 aromatic rings. The van der Waals surface area contributed by atoms with Crippen molar-refractivity contribution in [3.8, 4) is 11.1 Å². The predicted molar refractivity (Wildman–Crippen MR) is 111 cm³/mol. The molecule has 1 amide bonds. The van der Waals surface area contributed by atoms with E-state index in [9.17, 15) is 9.59 Å². The van der Waals surface area contributed by atoms with Gasteiger partial charge in [-0.3, -0.25) is 4.79 Å². The van der Waals surface area contributed by atoms with Crippen LogP contribution >= 0.6 is 11.3 Å². The molecule has 0 radical (unpaired) electrons. The molecule has 1 N–H and O–H groups in total. The molecule has 0 saturated carbocycles. The Kier molecular flexibility index (Phi) is 5.80. The number of fused-ring (bicyclic) bond motifs is 1. The monoisotopic (exact) mass is 422 g/mol. The molecule has 0 aliphatic carbocycles. The second-order valence-corrected chi connectivity index (χ2v) is 7.45. The summed E-state index contributed by atoms with van der Waals surface area (Å²) in [6, 6.07) is 16.2. The van der Waals surface area contributed by atoms with E-state index in [4.69, 9.17) is 9.15 Å². The van der Waals surface area contributed by atoms with Crippen LogP contribution in [-0.4, -0.2) is 33.7 Å². The van der Waals surface area contributed by atoms with Crippen LogP contribution in [0.15, 0.2) is 52.9 Å². The van der Waals surface area contributed by atoms with Crippen LogP contribution in [-0.2, 0) is 22.5 Å². The number of hydrogen-bond donors (Lipinski definition) is 1. The Hall–Kier alpha value is -3.59. The normalized spacial score (nSPS) is 10.8. The highest BCUT2D eigenvalue weighted by Gasteiger charge is 2.16. The van der Waals surface area contributed by atoms with Crippen molar-refractivity contribution in [2.45, 2.75) is 19.9 Å². The Morgan fingerprint density at radius 1 is 1.10 bits per heavy atom. The minimum absolute atomic E-state index is 0.0221. The van der Waals surface area contributed by atoms with Crippen LogP contribution in [0.25, 0.3) is 21.3 Å². The number of carbonyl (C=O) groups excluding carboxylic acids is 2. The Labute approximate surface area is 175 Å². The number of esters is 1. The molecule has 0 aliphatic heterocycles. The van der Waals surface area contributed by atoms with Crippen LogP contribution in [0.4, 0.5) is 0 Å². The van der Waals surface area contributed by atoms with Gasteiger partial charge < -0.3 is 14.5 Å². The quantitative estimate of drug-likeness (QED) is 0.455. The predicted octanol–water partition coefficient (Wildman–Crippen LogP) is 3.38. The van der Waals surface area contributed by atoms with Crippen LogP contribution in [0.5, 0.6) is 0 Å². The van der Waals surface area contributed by atoms with Crippen molar-refractivity contribution in [3.63, 3.8) is 0 Å². The van der Waals surface area contributed by atoms with Crippen molar-refractivity contribution in [2.24, 2.45) is 0 Å². The molecule has 4 rings (SSSR count). The molecule has 0 atom stereocenters. The molecular weight excluding hydrogens is 404 g/mol. The SMILES string of the molecule is CCOC(=O)c1nnc(CNC(=O)Cc2nc3ccc(-c4ccccc4)cc3s2)o1. The van der Waals surface area contributed by atoms with Gasteiger partial charge in [0.15, 0.2) is 0 Å². The Balaban J connectivity index is 1.38. The number of amides is 1. The first-order valence-corrected chi connectivity index (χ1v) is 10.1. The van der Waals surface area contributed by atoms with Gasteiger partial charge in [-0.15, -0.1) is 21.5 Å². The van der Waals surface area contributed by atoms with E-state index in [1.807, 2.05) is 30.3 Å². The van der Waals surface area contributed by atoms with Crippen LogP contribution < -0.4 is 5.32 Å². The van der Waals surface area contributed by atoms with Gasteiger partial charge in [0.25, 0.3) is 0 Å². The van der Waals surface area contributed by atoms with Gasteiger partial charge in [-0.2, -0.15) is 0 Å². The molecule has 0 aliphatic rings. The van der Waals surface area contributed by atoms with Crippen LogP contribution in [0.1, 0.15) is 28.5 Å². The van der Waals surface area contributed by atoms with Crippen LogP contribution in [0, 0.1) is 0 Å². The second-order valence-electron chi connectivity index (χ2n) is 6.33. The maximum absolute atomic E-state index is 12.3. The molecule has 2 heterocycles. The van der Waals surface area contributed by atoms with Gasteiger partial charge in [-0.1, -0.05) is 36.4 Å². The zero-order chi connectivity index (χ0) is 20.9. The number of ether oxygens (including phenoxy) is 1. The first kappa shape index (κ1) is 19.7. The van der Waals surface area contributed by atoms with Gasteiger partial charge in [-0.25, -0.2) is 9.78 Å². The summed E-state index contributed by atoms with van der Waals surface area (Å²) in [5, 5.41) is 10.7. The largest absolute Gasteiger partial charge is 0.459 e. The minimum Gasteiger partial charge on any atom is -0.459 e. The maximum Gasteiger partial charge on any atom is 0.396 e. The molecule has 2 aromatic heterocycles. The molecule has 9 heteroatoms. The Morgan fingerprint density at radius 2 is 1.93 bits per heavy atom. The number of aromatic nitrogens is 3. The van der Waals surface area contributed by atoms with Crippen molar-refractivity contribution in [1.82, 2.24) is 20.5 Å². The zero-order valence-electron chi connectivity index (χ0n) is 16.1. The summed E-state index contributed by atoms with van der Waals surface area (Å²) >= 11 is 1.49. The molecule has 8 nitrogen and oxygen atoms in total. The number of hydrogen-bond acceptors (Lipinski definition) is 8. The number of nitrogens with zero attached hydrogens (tertiary/aromatic N) is 3. The molecule has 152 valence electrons. The van der Waals surface area contributed by atoms with E-state index in [0.717, 1.165) is 21.3 Å². The molecule has 0 fully saturated rings. The third-order valence-corrected chi connectivity index (χ3v) is 5.22. The molecule has 0 saturated heterocycles. The first-order chi connectivity index (χ1) is 14.6. The van der Waals surface area contributed by atoms with Gasteiger partial charge >= 0.3 is 11.9 Å². The molecular formula is C21H18N4O4S. The lowest BCUT2D eigenvalue weighted by Gasteiger charge is -2.00. The number of nitrogens with one attached hydrogen (secondary N) is 1. The summed E-state index contributed by atoms with van der Waals surface area (Å²) in [6.07, 6.45) is 0.138. The molecule has 2 aromatic carbocycles. The molecule has 30 heavy (non-hydrogen) atoms. The standard InChI is InChI=1S/C21H18N4O4S/c1-2-28-21(27)20-25-24-18(29-20)12-22-17(26)11-19-23-15-9-8-14(10-16(15)30-19)13-6-4-3-5-7-13/h3-10H,2,11-12H2,1H3,(H,22,26). The number of carbonyl (C=O) groups is 2. The fourth-order valence-electron chi connectivity index (χ4n) is 2.83. The third kappa shape index (κ3) is 4.52. The maximum atomic E-state index is 12.3. The highest BCUT2D eigenvalue weighted by Crippen LogP contribution is 2.28. The van der Waals surface area contributed by atoms with E-state index in [1.165, 1.54) is 11.3 Å². The molecule has 0 unspecified atom stereocenters. The van der Waals surface area contributed by atoms with Crippen molar-refractivity contribution < 1.29 is 18.7 Å². The summed E-state index contributed by atoms with van der Waals surface area (Å²) < 4.78 is 11.0. The van der Waals surface area contributed by atoms with E-state index in [-0.39, 0.29) is 37.3 Å². The topological polar surface area (TPSA) is 107 Å². The number of rotatable bonds is 7. The van der Waals surface area contributed by atoms with E-state index in [0.29, 0.717) is 5.01 Å². The summed E-state index contributed by atoms with van der Waals surface area (Å²) in [6.45, 7) is 1.91. The van der Waals surface area contributed by atoms with Gasteiger partial charge in [-0.05, 0) is 30.2 Å². The highest BCUT2D eigenvalue weighted by atomic mass is 32.1. The van der Waals surface area contributed by atoms with Crippen molar-refractivity contribution >= 4 is 33.4 Å². The smallest absolute Gasteiger partial charge is 0.396 e. The van der Waals surface area contributed by atoms with E-state index in [1.54, 1.807) is 6.92 Å². The average molecular weight is 422 g/mol. The van der Waals surface area contributed by atoms with Crippen molar-refractivity contribution in [1.29, 1.82) is 0 Å². The lowest BCUT2D eigenvalue weighted by Crippen LogP contribution is -2.24. The van der Waals surface area contributed by atoms with E-state index < -0.39 is 5.97 Å². The Bertz CT molecular complexity index is 1190.